The summed E-state index contributed by atoms with van der Waals surface area (Å²) in [4.78, 5) is 12.4. The van der Waals surface area contributed by atoms with Crippen molar-refractivity contribution in [2.75, 3.05) is 10.6 Å². The number of carbonyl (C=O) groups excluding carboxylic acids is 1. The van der Waals surface area contributed by atoms with Gasteiger partial charge in [0.15, 0.2) is 5.82 Å². The zero-order chi connectivity index (χ0) is 20.9. The van der Waals surface area contributed by atoms with Gasteiger partial charge in [0, 0.05) is 22.5 Å². The Labute approximate surface area is 171 Å². The topological polar surface area (TPSA) is 66.9 Å². The maximum absolute atomic E-state index is 13.3. The molecular weight excluding hydrogens is 386 g/mol. The second-order valence-electron chi connectivity index (χ2n) is 6.48. The number of hydrogen-bond donors (Lipinski definition) is 2. The highest BCUT2D eigenvalue weighted by Crippen LogP contribution is 2.20. The van der Waals surface area contributed by atoms with E-state index in [4.69, 9.17) is 0 Å². The molecule has 4 rings (SSSR count). The molecule has 3 aromatic carbocycles. The molecule has 0 fully saturated rings. The fourth-order valence-electron chi connectivity index (χ4n) is 2.83. The summed E-state index contributed by atoms with van der Waals surface area (Å²) in [5, 5.41) is 14.0. The quantitative estimate of drug-likeness (QED) is 0.468. The number of benzene rings is 3. The molecule has 0 radical (unpaired) electrons. The monoisotopic (exact) mass is 402 g/mol. The van der Waals surface area contributed by atoms with Crippen molar-refractivity contribution in [1.82, 2.24) is 10.2 Å². The van der Waals surface area contributed by atoms with E-state index in [0.29, 0.717) is 28.5 Å². The van der Waals surface area contributed by atoms with E-state index in [1.54, 1.807) is 54.6 Å². The highest BCUT2D eigenvalue weighted by Gasteiger charge is 2.08. The van der Waals surface area contributed by atoms with Crippen LogP contribution in [-0.2, 0) is 0 Å². The molecule has 0 spiro atoms. The molecule has 0 aliphatic rings. The Bertz CT molecular complexity index is 1180. The second-order valence-corrected chi connectivity index (χ2v) is 6.48. The number of aromatic nitrogens is 2. The van der Waals surface area contributed by atoms with Crippen LogP contribution in [0.1, 0.15) is 10.4 Å². The van der Waals surface area contributed by atoms with Crippen LogP contribution in [0.5, 0.6) is 0 Å². The van der Waals surface area contributed by atoms with Gasteiger partial charge >= 0.3 is 0 Å². The smallest absolute Gasteiger partial charge is 0.255 e. The standard InChI is InChI=1S/C23H16F2N4O/c24-17-9-7-15(8-10-17)21-11-12-22(29-28-21)26-19-5-1-3-16(13-19)23(30)27-20-6-2-4-18(25)14-20/h1-14H,(H,26,29)(H,27,30). The minimum atomic E-state index is -0.425. The van der Waals surface area contributed by atoms with Gasteiger partial charge in [-0.2, -0.15) is 0 Å². The van der Waals surface area contributed by atoms with Crippen LogP contribution in [0.15, 0.2) is 84.9 Å². The summed E-state index contributed by atoms with van der Waals surface area (Å²) in [6.45, 7) is 0. The van der Waals surface area contributed by atoms with Crippen LogP contribution in [0, 0.1) is 11.6 Å². The minimum Gasteiger partial charge on any atom is -0.339 e. The Balaban J connectivity index is 1.46. The van der Waals surface area contributed by atoms with Gasteiger partial charge < -0.3 is 10.6 Å². The van der Waals surface area contributed by atoms with E-state index in [2.05, 4.69) is 20.8 Å². The van der Waals surface area contributed by atoms with Crippen molar-refractivity contribution < 1.29 is 13.6 Å². The van der Waals surface area contributed by atoms with E-state index in [9.17, 15) is 13.6 Å². The van der Waals surface area contributed by atoms with Gasteiger partial charge in [-0.25, -0.2) is 8.78 Å². The molecule has 148 valence electrons. The predicted molar refractivity (Wildman–Crippen MR) is 112 cm³/mol. The zero-order valence-electron chi connectivity index (χ0n) is 15.6. The summed E-state index contributed by atoms with van der Waals surface area (Å²) in [5.74, 6) is -0.609. The number of hydrogen-bond acceptors (Lipinski definition) is 4. The summed E-state index contributed by atoms with van der Waals surface area (Å²) in [5.41, 5.74) is 2.79. The maximum atomic E-state index is 13.3. The summed E-state index contributed by atoms with van der Waals surface area (Å²) < 4.78 is 26.3. The fraction of sp³-hybridized carbons (Fsp3) is 0. The van der Waals surface area contributed by atoms with Gasteiger partial charge in [-0.05, 0) is 72.8 Å². The first-order chi connectivity index (χ1) is 14.6. The highest BCUT2D eigenvalue weighted by molar-refractivity contribution is 6.04. The Hall–Kier alpha value is -4.13. The van der Waals surface area contributed by atoms with Crippen molar-refractivity contribution in [2.24, 2.45) is 0 Å². The number of rotatable bonds is 5. The van der Waals surface area contributed by atoms with Crippen molar-refractivity contribution in [3.05, 3.63) is 102 Å². The first kappa shape index (κ1) is 19.2. The molecule has 30 heavy (non-hydrogen) atoms. The molecule has 4 aromatic rings. The second kappa shape index (κ2) is 8.48. The molecule has 0 unspecified atom stereocenters. The molecule has 0 saturated carbocycles. The van der Waals surface area contributed by atoms with Crippen LogP contribution < -0.4 is 10.6 Å². The van der Waals surface area contributed by atoms with Crippen molar-refractivity contribution >= 4 is 23.1 Å². The maximum Gasteiger partial charge on any atom is 0.255 e. The van der Waals surface area contributed by atoms with Gasteiger partial charge in [0.05, 0.1) is 5.69 Å². The molecule has 0 aliphatic carbocycles. The van der Waals surface area contributed by atoms with E-state index >= 15 is 0 Å². The van der Waals surface area contributed by atoms with Crippen molar-refractivity contribution in [2.45, 2.75) is 0 Å². The zero-order valence-corrected chi connectivity index (χ0v) is 15.6. The predicted octanol–water partition coefficient (Wildman–Crippen LogP) is 5.42. The van der Waals surface area contributed by atoms with Crippen LogP contribution in [0.4, 0.5) is 26.0 Å². The van der Waals surface area contributed by atoms with E-state index in [-0.39, 0.29) is 11.7 Å². The third-order valence-corrected chi connectivity index (χ3v) is 4.28. The SMILES string of the molecule is O=C(Nc1cccc(F)c1)c1cccc(Nc2ccc(-c3ccc(F)cc3)nn2)c1. The largest absolute Gasteiger partial charge is 0.339 e. The van der Waals surface area contributed by atoms with E-state index in [1.807, 2.05) is 0 Å². The summed E-state index contributed by atoms with van der Waals surface area (Å²) in [7, 11) is 0. The van der Waals surface area contributed by atoms with Crippen LogP contribution in [0.2, 0.25) is 0 Å². The van der Waals surface area contributed by atoms with Crippen molar-refractivity contribution in [3.63, 3.8) is 0 Å². The summed E-state index contributed by atoms with van der Waals surface area (Å²) >= 11 is 0. The molecule has 2 N–H and O–H groups in total. The van der Waals surface area contributed by atoms with Gasteiger partial charge in [0.25, 0.3) is 5.91 Å². The van der Waals surface area contributed by atoms with Crippen molar-refractivity contribution in [3.8, 4) is 11.3 Å². The third-order valence-electron chi connectivity index (χ3n) is 4.28. The van der Waals surface area contributed by atoms with Gasteiger partial charge in [0.1, 0.15) is 11.6 Å². The number of carbonyl (C=O) groups is 1. The van der Waals surface area contributed by atoms with Gasteiger partial charge in [-0.1, -0.05) is 12.1 Å². The Morgan fingerprint density at radius 3 is 2.23 bits per heavy atom. The fourth-order valence-corrected chi connectivity index (χ4v) is 2.83. The number of nitrogens with one attached hydrogen (secondary N) is 2. The van der Waals surface area contributed by atoms with E-state index in [0.717, 1.165) is 5.56 Å². The molecule has 5 nitrogen and oxygen atoms in total. The average Bonchev–Trinajstić information content (AvgIpc) is 2.75. The first-order valence-corrected chi connectivity index (χ1v) is 9.10. The number of amides is 1. The number of nitrogens with zero attached hydrogens (tertiary/aromatic N) is 2. The molecule has 0 atom stereocenters. The van der Waals surface area contributed by atoms with Gasteiger partial charge in [0.2, 0.25) is 0 Å². The van der Waals surface area contributed by atoms with Crippen LogP contribution in [0.25, 0.3) is 11.3 Å². The summed E-state index contributed by atoms with van der Waals surface area (Å²) in [6.07, 6.45) is 0. The van der Waals surface area contributed by atoms with Crippen LogP contribution >= 0.6 is 0 Å². The Kier molecular flexibility index (Phi) is 5.43. The van der Waals surface area contributed by atoms with Crippen LogP contribution in [-0.4, -0.2) is 16.1 Å². The lowest BCUT2D eigenvalue weighted by Crippen LogP contribution is -2.12. The first-order valence-electron chi connectivity index (χ1n) is 9.10. The molecule has 1 amide bonds. The molecule has 0 aliphatic heterocycles. The molecule has 1 heterocycles. The number of halogens is 2. The lowest BCUT2D eigenvalue weighted by molar-refractivity contribution is 0.102. The average molecular weight is 402 g/mol. The van der Waals surface area contributed by atoms with Gasteiger partial charge in [-0.15, -0.1) is 10.2 Å². The molecule has 1 aromatic heterocycles. The normalized spacial score (nSPS) is 10.5. The lowest BCUT2D eigenvalue weighted by atomic mass is 10.1. The molecular formula is C23H16F2N4O. The van der Waals surface area contributed by atoms with Gasteiger partial charge in [-0.3, -0.25) is 4.79 Å². The van der Waals surface area contributed by atoms with E-state index in [1.165, 1.54) is 30.3 Å². The van der Waals surface area contributed by atoms with E-state index < -0.39 is 5.82 Å². The Morgan fingerprint density at radius 1 is 0.733 bits per heavy atom. The molecule has 7 heteroatoms. The molecule has 0 bridgehead atoms. The molecule has 0 saturated heterocycles. The lowest BCUT2D eigenvalue weighted by Gasteiger charge is -2.09. The third kappa shape index (κ3) is 4.64. The minimum absolute atomic E-state index is 0.314. The summed E-state index contributed by atoms with van der Waals surface area (Å²) in [6, 6.07) is 22.0. The highest BCUT2D eigenvalue weighted by atomic mass is 19.1. The van der Waals surface area contributed by atoms with Crippen molar-refractivity contribution in [1.29, 1.82) is 0 Å². The number of anilines is 3. The van der Waals surface area contributed by atoms with Crippen LogP contribution in [0.3, 0.4) is 0 Å². The Morgan fingerprint density at radius 2 is 1.50 bits per heavy atom.